The Morgan fingerprint density at radius 2 is 1.71 bits per heavy atom. The number of rotatable bonds is 5. The molecule has 0 atom stereocenters. The summed E-state index contributed by atoms with van der Waals surface area (Å²) in [5.74, 6) is 2.37. The molecule has 0 saturated carbocycles. The van der Waals surface area contributed by atoms with Crippen molar-refractivity contribution in [1.29, 1.82) is 0 Å². The molecular formula is C21H32N6O. The van der Waals surface area contributed by atoms with E-state index in [-0.39, 0.29) is 0 Å². The Kier molecular flexibility index (Phi) is 6.22. The van der Waals surface area contributed by atoms with Gasteiger partial charge in [-0.05, 0) is 38.8 Å². The van der Waals surface area contributed by atoms with Gasteiger partial charge in [-0.3, -0.25) is 9.80 Å². The fraction of sp³-hybridized carbons (Fsp3) is 0.667. The van der Waals surface area contributed by atoms with Crippen molar-refractivity contribution in [2.75, 3.05) is 44.2 Å². The maximum atomic E-state index is 5.50. The smallest absolute Gasteiger partial charge is 0.241 e. The quantitative estimate of drug-likeness (QED) is 0.785. The molecule has 0 radical (unpaired) electrons. The predicted molar refractivity (Wildman–Crippen MR) is 110 cm³/mol. The summed E-state index contributed by atoms with van der Waals surface area (Å²) in [5.41, 5.74) is 0.915. The second kappa shape index (κ2) is 9.01. The first-order valence-corrected chi connectivity index (χ1v) is 10.7. The summed E-state index contributed by atoms with van der Waals surface area (Å²) >= 11 is 0. The van der Waals surface area contributed by atoms with Crippen LogP contribution in [0.3, 0.4) is 0 Å². The fourth-order valence-electron chi connectivity index (χ4n) is 4.07. The molecule has 152 valence electrons. The van der Waals surface area contributed by atoms with E-state index in [1.165, 1.54) is 25.7 Å². The van der Waals surface area contributed by atoms with Gasteiger partial charge in [-0.2, -0.15) is 4.98 Å². The molecule has 0 aliphatic carbocycles. The van der Waals surface area contributed by atoms with Crippen LogP contribution < -0.4 is 4.90 Å². The van der Waals surface area contributed by atoms with Crippen LogP contribution in [0.5, 0.6) is 0 Å². The summed E-state index contributed by atoms with van der Waals surface area (Å²) in [7, 11) is 0. The van der Waals surface area contributed by atoms with Crippen molar-refractivity contribution in [2.45, 2.75) is 52.1 Å². The van der Waals surface area contributed by atoms with Crippen molar-refractivity contribution in [1.82, 2.24) is 24.9 Å². The average molecular weight is 385 g/mol. The lowest BCUT2D eigenvalue weighted by Crippen LogP contribution is -2.48. The van der Waals surface area contributed by atoms with Crippen molar-refractivity contribution < 1.29 is 4.52 Å². The maximum Gasteiger partial charge on any atom is 0.241 e. The normalized spacial score (nSPS) is 19.9. The third-order valence-corrected chi connectivity index (χ3v) is 5.90. The van der Waals surface area contributed by atoms with E-state index in [0.717, 1.165) is 57.2 Å². The van der Waals surface area contributed by atoms with Gasteiger partial charge in [0.1, 0.15) is 5.82 Å². The number of anilines is 1. The van der Waals surface area contributed by atoms with Crippen LogP contribution in [-0.4, -0.2) is 70.2 Å². The van der Waals surface area contributed by atoms with Crippen LogP contribution in [0.15, 0.2) is 22.9 Å². The van der Waals surface area contributed by atoms with E-state index in [1.807, 2.05) is 6.20 Å². The number of piperazine rings is 1. The average Bonchev–Trinajstić information content (AvgIpc) is 3.01. The lowest BCUT2D eigenvalue weighted by Gasteiger charge is -2.36. The Morgan fingerprint density at radius 1 is 0.964 bits per heavy atom. The van der Waals surface area contributed by atoms with Crippen LogP contribution in [0.2, 0.25) is 0 Å². The largest absolute Gasteiger partial charge is 0.357 e. The van der Waals surface area contributed by atoms with E-state index in [9.17, 15) is 0 Å². The summed E-state index contributed by atoms with van der Waals surface area (Å²) in [6.07, 6.45) is 7.03. The predicted octanol–water partition coefficient (Wildman–Crippen LogP) is 3.04. The van der Waals surface area contributed by atoms with Crippen LogP contribution in [-0.2, 0) is 6.54 Å². The van der Waals surface area contributed by atoms with Gasteiger partial charge in [0.25, 0.3) is 0 Å². The number of nitrogens with zero attached hydrogens (tertiary/aromatic N) is 6. The van der Waals surface area contributed by atoms with E-state index < -0.39 is 0 Å². The van der Waals surface area contributed by atoms with Gasteiger partial charge in [0.15, 0.2) is 0 Å². The highest BCUT2D eigenvalue weighted by Crippen LogP contribution is 2.21. The summed E-state index contributed by atoms with van der Waals surface area (Å²) in [5, 5.41) is 4.18. The molecule has 4 heterocycles. The summed E-state index contributed by atoms with van der Waals surface area (Å²) in [4.78, 5) is 16.5. The Labute approximate surface area is 167 Å². The van der Waals surface area contributed by atoms with Gasteiger partial charge < -0.3 is 9.42 Å². The first-order valence-electron chi connectivity index (χ1n) is 10.7. The SMILES string of the molecule is CC(C)N1CCN(Cc2nc(-c3ccc(N4CCCCCC4)nc3)no2)CC1. The van der Waals surface area contributed by atoms with Crippen molar-refractivity contribution in [3.05, 3.63) is 24.2 Å². The maximum absolute atomic E-state index is 5.50. The topological polar surface area (TPSA) is 61.5 Å². The Hall–Kier alpha value is -1.99. The van der Waals surface area contributed by atoms with Gasteiger partial charge in [-0.1, -0.05) is 18.0 Å². The zero-order chi connectivity index (χ0) is 19.3. The number of hydrogen-bond donors (Lipinski definition) is 0. The second-order valence-corrected chi connectivity index (χ2v) is 8.22. The molecular weight excluding hydrogens is 352 g/mol. The molecule has 2 saturated heterocycles. The summed E-state index contributed by atoms with van der Waals surface area (Å²) in [6.45, 7) is 11.7. The van der Waals surface area contributed by atoms with Gasteiger partial charge >= 0.3 is 0 Å². The molecule has 0 spiro atoms. The minimum absolute atomic E-state index is 0.613. The van der Waals surface area contributed by atoms with E-state index in [4.69, 9.17) is 4.52 Å². The monoisotopic (exact) mass is 384 g/mol. The third-order valence-electron chi connectivity index (χ3n) is 5.90. The Bertz CT molecular complexity index is 728. The molecule has 0 unspecified atom stereocenters. The molecule has 2 aliphatic heterocycles. The Balaban J connectivity index is 1.35. The van der Waals surface area contributed by atoms with Crippen molar-refractivity contribution in [3.63, 3.8) is 0 Å². The van der Waals surface area contributed by atoms with Gasteiger partial charge in [0.05, 0.1) is 6.54 Å². The van der Waals surface area contributed by atoms with Gasteiger partial charge in [0, 0.05) is 57.1 Å². The van der Waals surface area contributed by atoms with Crippen LogP contribution in [0, 0.1) is 0 Å². The molecule has 7 heteroatoms. The zero-order valence-corrected chi connectivity index (χ0v) is 17.2. The number of hydrogen-bond acceptors (Lipinski definition) is 7. The molecule has 7 nitrogen and oxygen atoms in total. The molecule has 2 fully saturated rings. The second-order valence-electron chi connectivity index (χ2n) is 8.22. The molecule has 0 N–H and O–H groups in total. The molecule has 2 aromatic heterocycles. The Morgan fingerprint density at radius 3 is 2.36 bits per heavy atom. The van der Waals surface area contributed by atoms with Crippen LogP contribution in [0.25, 0.3) is 11.4 Å². The molecule has 2 aliphatic rings. The molecule has 2 aromatic rings. The van der Waals surface area contributed by atoms with E-state index in [2.05, 4.69) is 55.8 Å². The highest BCUT2D eigenvalue weighted by atomic mass is 16.5. The third kappa shape index (κ3) is 4.70. The van der Waals surface area contributed by atoms with E-state index in [0.29, 0.717) is 17.8 Å². The summed E-state index contributed by atoms with van der Waals surface area (Å²) < 4.78 is 5.50. The number of pyridine rings is 1. The fourth-order valence-corrected chi connectivity index (χ4v) is 4.07. The van der Waals surface area contributed by atoms with Gasteiger partial charge in [0.2, 0.25) is 11.7 Å². The van der Waals surface area contributed by atoms with Crippen LogP contribution >= 0.6 is 0 Å². The van der Waals surface area contributed by atoms with Gasteiger partial charge in [-0.25, -0.2) is 4.98 Å². The highest BCUT2D eigenvalue weighted by Gasteiger charge is 2.21. The van der Waals surface area contributed by atoms with Crippen molar-refractivity contribution >= 4 is 5.82 Å². The number of aromatic nitrogens is 3. The van der Waals surface area contributed by atoms with Crippen LogP contribution in [0.1, 0.15) is 45.4 Å². The molecule has 28 heavy (non-hydrogen) atoms. The first-order chi connectivity index (χ1) is 13.7. The van der Waals surface area contributed by atoms with E-state index in [1.54, 1.807) is 0 Å². The minimum atomic E-state index is 0.613. The summed E-state index contributed by atoms with van der Waals surface area (Å²) in [6, 6.07) is 4.76. The standard InChI is InChI=1S/C21H32N6O/c1-17(2)26-13-11-25(12-14-26)16-20-23-21(24-28-20)18-7-8-19(22-15-18)27-9-5-3-4-6-10-27/h7-8,15,17H,3-6,9-14,16H2,1-2H3. The molecule has 0 bridgehead atoms. The lowest BCUT2D eigenvalue weighted by molar-refractivity contribution is 0.0960. The molecule has 0 amide bonds. The lowest BCUT2D eigenvalue weighted by atomic mass is 10.2. The van der Waals surface area contributed by atoms with Gasteiger partial charge in [-0.15, -0.1) is 0 Å². The highest BCUT2D eigenvalue weighted by molar-refractivity contribution is 5.55. The van der Waals surface area contributed by atoms with Crippen molar-refractivity contribution in [2.24, 2.45) is 0 Å². The zero-order valence-electron chi connectivity index (χ0n) is 17.2. The molecule has 0 aromatic carbocycles. The molecule has 4 rings (SSSR count). The van der Waals surface area contributed by atoms with Crippen LogP contribution in [0.4, 0.5) is 5.82 Å². The van der Waals surface area contributed by atoms with E-state index >= 15 is 0 Å². The first kappa shape index (κ1) is 19.3. The minimum Gasteiger partial charge on any atom is -0.357 e. The van der Waals surface area contributed by atoms with Crippen molar-refractivity contribution in [3.8, 4) is 11.4 Å².